The van der Waals surface area contributed by atoms with E-state index in [0.29, 0.717) is 35.5 Å². The van der Waals surface area contributed by atoms with Gasteiger partial charge in [0, 0.05) is 35.5 Å². The maximum absolute atomic E-state index is 14.3. The minimum atomic E-state index is -5.80. The Morgan fingerprint density at radius 3 is 2.56 bits per heavy atom. The number of carbonyl (C=O) groups is 4. The molecule has 276 valence electrons. The average Bonchev–Trinajstić information content (AvgIpc) is 3.85. The fourth-order valence-electron chi connectivity index (χ4n) is 6.40. The zero-order chi connectivity index (χ0) is 37.4. The van der Waals surface area contributed by atoms with Crippen molar-refractivity contribution in [3.8, 4) is 10.4 Å². The van der Waals surface area contributed by atoms with Crippen LogP contribution in [0.5, 0.6) is 0 Å². The number of hydrogen-bond donors (Lipinski definition) is 6. The van der Waals surface area contributed by atoms with Gasteiger partial charge < -0.3 is 36.4 Å². The lowest BCUT2D eigenvalue weighted by Crippen LogP contribution is -2.60. The molecule has 2 aromatic heterocycles. The maximum Gasteiger partial charge on any atom is 0.399 e. The normalized spacial score (nSPS) is 20.2. The summed E-state index contributed by atoms with van der Waals surface area (Å²) in [6.07, 6.45) is 3.14. The third-order valence-electron chi connectivity index (χ3n) is 9.07. The van der Waals surface area contributed by atoms with Crippen LogP contribution in [0.3, 0.4) is 0 Å². The third kappa shape index (κ3) is 7.91. The van der Waals surface area contributed by atoms with E-state index < -0.39 is 66.4 Å². The van der Waals surface area contributed by atoms with Gasteiger partial charge in [0.15, 0.2) is 0 Å². The highest BCUT2D eigenvalue weighted by Crippen LogP contribution is 2.59. The summed E-state index contributed by atoms with van der Waals surface area (Å²) in [5.74, 6) is -2.59. The molecule has 2 aliphatic heterocycles. The Bertz CT molecular complexity index is 2060. The smallest absolute Gasteiger partial charge is 0.370 e. The molecule has 7 N–H and O–H groups in total. The van der Waals surface area contributed by atoms with Crippen molar-refractivity contribution in [1.82, 2.24) is 25.8 Å². The number of nitrogens with two attached hydrogens (primary N) is 1. The lowest BCUT2D eigenvalue weighted by Gasteiger charge is -2.35. The Morgan fingerprint density at radius 2 is 1.85 bits per heavy atom. The number of nitrogens with one attached hydrogen (secondary N) is 3. The highest BCUT2D eigenvalue weighted by Gasteiger charge is 2.50. The van der Waals surface area contributed by atoms with Gasteiger partial charge in [0.1, 0.15) is 22.9 Å². The number of carbonyl (C=O) groups excluding carboxylic acids is 4. The number of primary amides is 1. The molecule has 2 aliphatic rings. The summed E-state index contributed by atoms with van der Waals surface area (Å²) >= 11 is 2.22. The molecule has 52 heavy (non-hydrogen) atoms. The first-order chi connectivity index (χ1) is 24.6. The Kier molecular flexibility index (Phi) is 10.9. The van der Waals surface area contributed by atoms with Gasteiger partial charge in [-0.1, -0.05) is 18.2 Å². The van der Waals surface area contributed by atoms with Crippen molar-refractivity contribution in [2.24, 2.45) is 5.73 Å². The Labute approximate surface area is 302 Å². The first-order valence-corrected chi connectivity index (χ1v) is 19.5. The van der Waals surface area contributed by atoms with Crippen LogP contribution in [0.1, 0.15) is 58.4 Å². The van der Waals surface area contributed by atoms with Crippen molar-refractivity contribution in [2.75, 3.05) is 13.1 Å². The first kappa shape index (κ1) is 37.6. The molecule has 4 aromatic rings. The van der Waals surface area contributed by atoms with Crippen LogP contribution in [-0.2, 0) is 24.6 Å². The van der Waals surface area contributed by atoms with E-state index in [-0.39, 0.29) is 35.7 Å². The van der Waals surface area contributed by atoms with Crippen LogP contribution in [0.15, 0.2) is 54.7 Å². The summed E-state index contributed by atoms with van der Waals surface area (Å²) in [7, 11) is -5.80. The number of thiophene rings is 1. The summed E-state index contributed by atoms with van der Waals surface area (Å²) in [4.78, 5) is 78.1. The lowest BCUT2D eigenvalue weighted by molar-refractivity contribution is -0.142. The van der Waals surface area contributed by atoms with Crippen molar-refractivity contribution in [3.63, 3.8) is 0 Å². The monoisotopic (exact) mass is 778 g/mol. The van der Waals surface area contributed by atoms with E-state index in [1.165, 1.54) is 40.5 Å². The van der Waals surface area contributed by atoms with E-state index >= 15 is 0 Å². The van der Waals surface area contributed by atoms with Crippen LogP contribution >= 0.6 is 30.3 Å². The summed E-state index contributed by atoms with van der Waals surface area (Å²) in [5, 5.41) is 9.48. The van der Waals surface area contributed by atoms with Gasteiger partial charge >= 0.3 is 13.3 Å². The van der Waals surface area contributed by atoms with E-state index in [2.05, 4.69) is 20.9 Å². The Morgan fingerprint density at radius 1 is 1.10 bits per heavy atom. The lowest BCUT2D eigenvalue weighted by atomic mass is 10.1. The third-order valence-corrected chi connectivity index (χ3v) is 12.3. The summed E-state index contributed by atoms with van der Waals surface area (Å²) in [6, 6.07) is 7.20. The minimum Gasteiger partial charge on any atom is -0.370 e. The quantitative estimate of drug-likeness (QED) is 0.122. The highest BCUT2D eigenvalue weighted by molar-refractivity contribution is 7.52. The van der Waals surface area contributed by atoms with Crippen molar-refractivity contribution in [3.05, 3.63) is 76.0 Å². The molecule has 4 heterocycles. The molecule has 0 unspecified atom stereocenters. The van der Waals surface area contributed by atoms with Gasteiger partial charge in [-0.2, -0.15) is 8.78 Å². The number of amides is 4. The van der Waals surface area contributed by atoms with Crippen molar-refractivity contribution in [1.29, 1.82) is 0 Å². The van der Waals surface area contributed by atoms with E-state index in [0.717, 1.165) is 33.9 Å². The van der Waals surface area contributed by atoms with Gasteiger partial charge in [-0.05, 0) is 73.5 Å². The van der Waals surface area contributed by atoms with Gasteiger partial charge in [-0.15, -0.1) is 22.7 Å². The molecule has 13 nitrogen and oxygen atoms in total. The fraction of sp³-hybridized carbons (Fsp3) is 0.364. The highest BCUT2D eigenvalue weighted by atomic mass is 32.1. The van der Waals surface area contributed by atoms with Crippen molar-refractivity contribution >= 4 is 64.0 Å². The molecular formula is C33H34F3N6O7PS2. The predicted octanol–water partition coefficient (Wildman–Crippen LogP) is 3.97. The number of benzene rings is 2. The SMILES string of the molecule is NC(=O)CC[C@H](NC(=O)[C@@H]1CC[C@@H]2CCNC[C@H](NC(=O)c3cc4cc(C(F)(F)P(=O)(O)O)ccc4s3)C(=O)N21)c1ncc(-c2ccc(F)cc2)s1. The molecule has 2 saturated heterocycles. The minimum absolute atomic E-state index is 0.0444. The molecule has 19 heteroatoms. The van der Waals surface area contributed by atoms with E-state index in [9.17, 15) is 36.9 Å². The molecule has 0 bridgehead atoms. The van der Waals surface area contributed by atoms with Crippen LogP contribution in [-0.4, -0.2) is 74.5 Å². The molecule has 0 radical (unpaired) electrons. The summed E-state index contributed by atoms with van der Waals surface area (Å²) < 4.78 is 53.9. The second kappa shape index (κ2) is 15.0. The van der Waals surface area contributed by atoms with E-state index in [1.807, 2.05) is 0 Å². The maximum atomic E-state index is 14.3. The Hall–Kier alpha value is -4.19. The Balaban J connectivity index is 1.19. The topological polar surface area (TPSA) is 204 Å². The van der Waals surface area contributed by atoms with E-state index in [4.69, 9.17) is 15.5 Å². The molecule has 2 aromatic carbocycles. The molecule has 0 spiro atoms. The number of rotatable bonds is 11. The van der Waals surface area contributed by atoms with Crippen LogP contribution in [0, 0.1) is 5.82 Å². The molecule has 2 fully saturated rings. The van der Waals surface area contributed by atoms with Crippen LogP contribution in [0.25, 0.3) is 20.5 Å². The zero-order valence-electron chi connectivity index (χ0n) is 27.3. The summed E-state index contributed by atoms with van der Waals surface area (Å²) in [5.41, 5.74) is 0.819. The van der Waals surface area contributed by atoms with Crippen LogP contribution in [0.4, 0.5) is 13.2 Å². The largest absolute Gasteiger partial charge is 0.399 e. The van der Waals surface area contributed by atoms with Gasteiger partial charge in [0.25, 0.3) is 5.91 Å². The molecule has 6 rings (SSSR count). The fourth-order valence-corrected chi connectivity index (χ4v) is 8.83. The second-order valence-corrected chi connectivity index (χ2v) is 16.4. The van der Waals surface area contributed by atoms with Gasteiger partial charge in [0.05, 0.1) is 15.8 Å². The van der Waals surface area contributed by atoms with Crippen LogP contribution < -0.4 is 21.7 Å². The molecule has 0 aliphatic carbocycles. The molecular weight excluding hydrogens is 744 g/mol. The number of fused-ring (bicyclic) bond motifs is 2. The number of hydrogen-bond acceptors (Lipinski definition) is 9. The van der Waals surface area contributed by atoms with Gasteiger partial charge in [-0.25, -0.2) is 9.37 Å². The number of nitrogens with zero attached hydrogens (tertiary/aromatic N) is 2. The summed E-state index contributed by atoms with van der Waals surface area (Å²) in [6.45, 7) is 0.555. The number of thiazole rings is 1. The zero-order valence-corrected chi connectivity index (χ0v) is 29.8. The average molecular weight is 779 g/mol. The standard InChI is InChI=1S/C33H34F3N6O7PS2/c34-20-4-1-17(2-5-20)27-16-39-31(52-27)22(7-10-28(37)43)40-29(44)24-8-6-21-11-12-38-15-23(32(46)42(21)24)41-30(45)26-14-18-13-19(3-9-25(18)51-26)33(35,36)50(47,48)49/h1-5,9,13-14,16,21-24,38H,6-8,10-12,15H2,(H2,37,43)(H,40,44)(H,41,45)(H2,47,48,49)/t21-,22+,23+,24+/m1/s1. The number of alkyl halides is 2. The van der Waals surface area contributed by atoms with Gasteiger partial charge in [0.2, 0.25) is 17.7 Å². The second-order valence-electron chi connectivity index (χ2n) is 12.6. The van der Waals surface area contributed by atoms with Gasteiger partial charge in [-0.3, -0.25) is 23.7 Å². The molecule has 0 saturated carbocycles. The van der Waals surface area contributed by atoms with Crippen LogP contribution in [0.2, 0.25) is 0 Å². The van der Waals surface area contributed by atoms with E-state index in [1.54, 1.807) is 18.3 Å². The molecule has 4 atom stereocenters. The number of aromatic nitrogens is 1. The van der Waals surface area contributed by atoms with Crippen molar-refractivity contribution in [2.45, 2.75) is 61.9 Å². The molecule has 4 amide bonds. The first-order valence-electron chi connectivity index (χ1n) is 16.2. The predicted molar refractivity (Wildman–Crippen MR) is 187 cm³/mol. The van der Waals surface area contributed by atoms with Crippen molar-refractivity contribution < 1.29 is 46.7 Å². The number of halogens is 3.